The van der Waals surface area contributed by atoms with Crippen molar-refractivity contribution in [3.05, 3.63) is 94.5 Å². The molecule has 0 radical (unpaired) electrons. The van der Waals surface area contributed by atoms with E-state index >= 15 is 0 Å². The van der Waals surface area contributed by atoms with Crippen molar-refractivity contribution in [1.82, 2.24) is 9.99 Å². The first-order valence-electron chi connectivity index (χ1n) is 8.83. The topological polar surface area (TPSA) is 59.5 Å². The Balaban J connectivity index is 1.67. The molecule has 1 N–H and O–H groups in total. The molecular weight excluding hydrogens is 374 g/mol. The minimum Gasteiger partial charge on any atom is -0.459 e. The van der Waals surface area contributed by atoms with E-state index in [0.717, 1.165) is 32.7 Å². The van der Waals surface area contributed by atoms with E-state index in [1.807, 2.05) is 49.4 Å². The van der Waals surface area contributed by atoms with E-state index in [1.165, 1.54) is 6.26 Å². The summed E-state index contributed by atoms with van der Waals surface area (Å²) in [6.45, 7) is 2.69. The standard InChI is InChI=1S/C22H18ClN3O2/c1-15-18(13-24-25-22(27)21-11-6-12-28-21)17-8-3-5-10-20(17)26(15)14-16-7-2-4-9-19(16)23/h2-13H,14H2,1H3,(H,25,27)/b24-13-. The molecule has 2 aromatic heterocycles. The molecule has 2 heterocycles. The van der Waals surface area contributed by atoms with E-state index in [0.29, 0.717) is 6.54 Å². The number of aromatic nitrogens is 1. The largest absolute Gasteiger partial charge is 0.459 e. The Morgan fingerprint density at radius 1 is 1.14 bits per heavy atom. The number of carbonyl (C=O) groups is 1. The number of para-hydroxylation sites is 1. The van der Waals surface area contributed by atoms with Gasteiger partial charge in [-0.1, -0.05) is 48.0 Å². The van der Waals surface area contributed by atoms with Gasteiger partial charge >= 0.3 is 5.91 Å². The van der Waals surface area contributed by atoms with E-state index < -0.39 is 5.91 Å². The second kappa shape index (κ2) is 7.74. The molecule has 4 rings (SSSR count). The Morgan fingerprint density at radius 2 is 1.93 bits per heavy atom. The van der Waals surface area contributed by atoms with Crippen molar-refractivity contribution in [3.63, 3.8) is 0 Å². The molecule has 1 amide bonds. The van der Waals surface area contributed by atoms with Crippen molar-refractivity contribution in [2.24, 2.45) is 5.10 Å². The van der Waals surface area contributed by atoms with Crippen LogP contribution in [0.25, 0.3) is 10.9 Å². The van der Waals surface area contributed by atoms with Gasteiger partial charge in [-0.3, -0.25) is 4.79 Å². The zero-order valence-electron chi connectivity index (χ0n) is 15.2. The van der Waals surface area contributed by atoms with Crippen molar-refractivity contribution < 1.29 is 9.21 Å². The van der Waals surface area contributed by atoms with Crippen molar-refractivity contribution in [3.8, 4) is 0 Å². The average Bonchev–Trinajstić information content (AvgIpc) is 3.33. The number of benzene rings is 2. The number of amides is 1. The average molecular weight is 392 g/mol. The van der Waals surface area contributed by atoms with Crippen LogP contribution in [-0.2, 0) is 6.54 Å². The lowest BCUT2D eigenvalue weighted by Gasteiger charge is -2.10. The van der Waals surface area contributed by atoms with Gasteiger partial charge in [-0.2, -0.15) is 5.10 Å². The Labute approximate surface area is 167 Å². The van der Waals surface area contributed by atoms with Gasteiger partial charge in [-0.25, -0.2) is 5.43 Å². The normalized spacial score (nSPS) is 11.4. The van der Waals surface area contributed by atoms with Crippen LogP contribution in [0.5, 0.6) is 0 Å². The van der Waals surface area contributed by atoms with E-state index in [9.17, 15) is 4.79 Å². The minimum atomic E-state index is -0.390. The third-order valence-corrected chi connectivity index (χ3v) is 5.04. The van der Waals surface area contributed by atoms with Gasteiger partial charge < -0.3 is 8.98 Å². The minimum absolute atomic E-state index is 0.218. The fourth-order valence-electron chi connectivity index (χ4n) is 3.24. The first-order chi connectivity index (χ1) is 13.6. The number of hydrogen-bond acceptors (Lipinski definition) is 3. The van der Waals surface area contributed by atoms with Crippen molar-refractivity contribution in [2.75, 3.05) is 0 Å². The van der Waals surface area contributed by atoms with Crippen LogP contribution < -0.4 is 5.43 Å². The summed E-state index contributed by atoms with van der Waals surface area (Å²) in [6, 6.07) is 19.2. The van der Waals surface area contributed by atoms with Crippen LogP contribution in [0.3, 0.4) is 0 Å². The van der Waals surface area contributed by atoms with Crippen molar-refractivity contribution >= 4 is 34.6 Å². The Hall–Kier alpha value is -3.31. The van der Waals surface area contributed by atoms with Gasteiger partial charge in [0.1, 0.15) is 0 Å². The summed E-state index contributed by atoms with van der Waals surface area (Å²) >= 11 is 6.36. The smallest absolute Gasteiger partial charge is 0.307 e. The van der Waals surface area contributed by atoms with Crippen LogP contribution in [0.15, 0.2) is 76.4 Å². The third-order valence-electron chi connectivity index (χ3n) is 4.67. The lowest BCUT2D eigenvalue weighted by atomic mass is 10.1. The highest BCUT2D eigenvalue weighted by molar-refractivity contribution is 6.31. The lowest BCUT2D eigenvalue weighted by Crippen LogP contribution is -2.16. The van der Waals surface area contributed by atoms with E-state index in [-0.39, 0.29) is 5.76 Å². The second-order valence-corrected chi connectivity index (χ2v) is 6.78. The molecule has 0 saturated heterocycles. The van der Waals surface area contributed by atoms with Gasteiger partial charge in [0.05, 0.1) is 12.5 Å². The number of furan rings is 1. The molecule has 0 bridgehead atoms. The first kappa shape index (κ1) is 18.1. The molecule has 0 unspecified atom stereocenters. The lowest BCUT2D eigenvalue weighted by molar-refractivity contribution is 0.0927. The molecule has 0 saturated carbocycles. The molecule has 6 heteroatoms. The van der Waals surface area contributed by atoms with Crippen molar-refractivity contribution in [1.29, 1.82) is 0 Å². The second-order valence-electron chi connectivity index (χ2n) is 6.37. The number of rotatable bonds is 5. The number of nitrogens with one attached hydrogen (secondary N) is 1. The molecule has 2 aromatic carbocycles. The fraction of sp³-hybridized carbons (Fsp3) is 0.0909. The number of halogens is 1. The highest BCUT2D eigenvalue weighted by Crippen LogP contribution is 2.27. The summed E-state index contributed by atoms with van der Waals surface area (Å²) in [5, 5.41) is 5.92. The number of hydrogen-bond donors (Lipinski definition) is 1. The Kier molecular flexibility index (Phi) is 5.00. The number of fused-ring (bicyclic) bond motifs is 1. The van der Waals surface area contributed by atoms with Gasteiger partial charge in [-0.15, -0.1) is 0 Å². The zero-order valence-corrected chi connectivity index (χ0v) is 16.0. The summed E-state index contributed by atoms with van der Waals surface area (Å²) in [5.41, 5.74) is 6.61. The molecule has 4 aromatic rings. The van der Waals surface area contributed by atoms with Crippen LogP contribution in [0.4, 0.5) is 0 Å². The first-order valence-corrected chi connectivity index (χ1v) is 9.21. The maximum atomic E-state index is 12.0. The zero-order chi connectivity index (χ0) is 19.5. The van der Waals surface area contributed by atoms with Gasteiger partial charge in [0.2, 0.25) is 0 Å². The molecular formula is C22H18ClN3O2. The van der Waals surface area contributed by atoms with E-state index in [1.54, 1.807) is 18.3 Å². The maximum absolute atomic E-state index is 12.0. The Morgan fingerprint density at radius 3 is 2.71 bits per heavy atom. The molecule has 0 fully saturated rings. The van der Waals surface area contributed by atoms with Crippen LogP contribution in [-0.4, -0.2) is 16.7 Å². The predicted molar refractivity (Wildman–Crippen MR) is 111 cm³/mol. The third kappa shape index (κ3) is 3.44. The van der Waals surface area contributed by atoms with E-state index in [2.05, 4.69) is 21.2 Å². The molecule has 0 aliphatic rings. The number of nitrogens with zero attached hydrogens (tertiary/aromatic N) is 2. The summed E-state index contributed by atoms with van der Waals surface area (Å²) in [6.07, 6.45) is 3.12. The van der Waals surface area contributed by atoms with Gasteiger partial charge in [0.25, 0.3) is 0 Å². The van der Waals surface area contributed by atoms with Crippen LogP contribution >= 0.6 is 11.6 Å². The van der Waals surface area contributed by atoms with Gasteiger partial charge in [-0.05, 0) is 36.8 Å². The number of hydrazone groups is 1. The van der Waals surface area contributed by atoms with Crippen LogP contribution in [0.1, 0.15) is 27.4 Å². The molecule has 28 heavy (non-hydrogen) atoms. The summed E-state index contributed by atoms with van der Waals surface area (Å²) in [7, 11) is 0. The predicted octanol–water partition coefficient (Wildman–Crippen LogP) is 5.01. The fourth-order valence-corrected chi connectivity index (χ4v) is 3.44. The monoisotopic (exact) mass is 391 g/mol. The molecule has 5 nitrogen and oxygen atoms in total. The van der Waals surface area contributed by atoms with Gasteiger partial charge in [0.15, 0.2) is 5.76 Å². The summed E-state index contributed by atoms with van der Waals surface area (Å²) in [4.78, 5) is 12.0. The quantitative estimate of drug-likeness (QED) is 0.384. The Bertz CT molecular complexity index is 1160. The highest BCUT2D eigenvalue weighted by atomic mass is 35.5. The SMILES string of the molecule is Cc1c(/C=N\NC(=O)c2ccco2)c2ccccc2n1Cc1ccccc1Cl. The molecule has 0 atom stereocenters. The molecule has 140 valence electrons. The van der Waals surface area contributed by atoms with Crippen LogP contribution in [0, 0.1) is 6.92 Å². The maximum Gasteiger partial charge on any atom is 0.307 e. The summed E-state index contributed by atoms with van der Waals surface area (Å²) < 4.78 is 7.27. The van der Waals surface area contributed by atoms with Gasteiger partial charge in [0, 0.05) is 33.7 Å². The molecule has 0 aliphatic heterocycles. The highest BCUT2D eigenvalue weighted by Gasteiger charge is 2.14. The summed E-state index contributed by atoms with van der Waals surface area (Å²) in [5.74, 6) is -0.172. The molecule has 0 aliphatic carbocycles. The van der Waals surface area contributed by atoms with E-state index in [4.69, 9.17) is 16.0 Å². The van der Waals surface area contributed by atoms with Crippen molar-refractivity contribution in [2.45, 2.75) is 13.5 Å². The van der Waals surface area contributed by atoms with Crippen LogP contribution in [0.2, 0.25) is 5.02 Å². The molecule has 0 spiro atoms. The number of carbonyl (C=O) groups excluding carboxylic acids is 1.